The van der Waals surface area contributed by atoms with E-state index in [-0.39, 0.29) is 0 Å². The van der Waals surface area contributed by atoms with Gasteiger partial charge in [0.25, 0.3) is 0 Å². The van der Waals surface area contributed by atoms with Crippen LogP contribution < -0.4 is 5.32 Å². The van der Waals surface area contributed by atoms with E-state index in [1.165, 1.54) is 5.56 Å². The summed E-state index contributed by atoms with van der Waals surface area (Å²) in [6.45, 7) is 3.71. The molecule has 1 aliphatic rings. The molecule has 2 rings (SSSR count). The molecule has 0 aromatic heterocycles. The summed E-state index contributed by atoms with van der Waals surface area (Å²) in [5, 5.41) is 12.4. The smallest absolute Gasteiger partial charge is 0.0992 e. The quantitative estimate of drug-likeness (QED) is 0.826. The van der Waals surface area contributed by atoms with Gasteiger partial charge in [0, 0.05) is 24.9 Å². The lowest BCUT2D eigenvalue weighted by molar-refractivity contribution is 0.0904. The molecule has 16 heavy (non-hydrogen) atoms. The van der Waals surface area contributed by atoms with Crippen molar-refractivity contribution in [1.29, 1.82) is 5.26 Å². The average Bonchev–Trinajstić information content (AvgIpc) is 2.33. The van der Waals surface area contributed by atoms with Crippen molar-refractivity contribution in [2.24, 2.45) is 0 Å². The molecule has 1 aromatic rings. The average molecular weight is 216 g/mol. The van der Waals surface area contributed by atoms with Gasteiger partial charge in [-0.15, -0.1) is 0 Å². The number of benzene rings is 1. The van der Waals surface area contributed by atoms with Crippen molar-refractivity contribution in [2.75, 3.05) is 18.5 Å². The van der Waals surface area contributed by atoms with Crippen molar-refractivity contribution >= 4 is 5.69 Å². The molecule has 3 nitrogen and oxygen atoms in total. The Labute approximate surface area is 96.0 Å². The Morgan fingerprint density at radius 1 is 1.38 bits per heavy atom. The van der Waals surface area contributed by atoms with E-state index in [9.17, 15) is 0 Å². The molecular weight excluding hydrogens is 200 g/mol. The third kappa shape index (κ3) is 2.53. The van der Waals surface area contributed by atoms with Crippen molar-refractivity contribution in [3.8, 4) is 6.07 Å². The van der Waals surface area contributed by atoms with Gasteiger partial charge < -0.3 is 10.1 Å². The van der Waals surface area contributed by atoms with Crippen LogP contribution >= 0.6 is 0 Å². The molecule has 1 aliphatic heterocycles. The topological polar surface area (TPSA) is 45.0 Å². The summed E-state index contributed by atoms with van der Waals surface area (Å²) in [7, 11) is 0. The second-order valence-corrected chi connectivity index (χ2v) is 4.17. The van der Waals surface area contributed by atoms with Crippen molar-refractivity contribution in [2.45, 2.75) is 25.8 Å². The first-order valence-corrected chi connectivity index (χ1v) is 5.64. The summed E-state index contributed by atoms with van der Waals surface area (Å²) in [6.07, 6.45) is 2.08. The molecule has 3 heteroatoms. The highest BCUT2D eigenvalue weighted by atomic mass is 16.5. The van der Waals surface area contributed by atoms with E-state index in [1.54, 1.807) is 0 Å². The lowest BCUT2D eigenvalue weighted by atomic mass is 10.1. The zero-order chi connectivity index (χ0) is 11.4. The second kappa shape index (κ2) is 5.00. The highest BCUT2D eigenvalue weighted by molar-refractivity contribution is 5.55. The SMILES string of the molecule is Cc1ccc(C#N)cc1NC1CCOCC1. The maximum absolute atomic E-state index is 8.86. The molecule has 0 radical (unpaired) electrons. The monoisotopic (exact) mass is 216 g/mol. The van der Waals surface area contributed by atoms with Crippen LogP contribution in [-0.2, 0) is 4.74 Å². The van der Waals surface area contributed by atoms with Crippen LogP contribution in [0.1, 0.15) is 24.0 Å². The fraction of sp³-hybridized carbons (Fsp3) is 0.462. The lowest BCUT2D eigenvalue weighted by Crippen LogP contribution is -2.28. The molecule has 1 saturated heterocycles. The molecule has 0 saturated carbocycles. The summed E-state index contributed by atoms with van der Waals surface area (Å²) >= 11 is 0. The fourth-order valence-corrected chi connectivity index (χ4v) is 1.91. The van der Waals surface area contributed by atoms with Crippen LogP contribution in [0.5, 0.6) is 0 Å². The number of ether oxygens (including phenoxy) is 1. The summed E-state index contributed by atoms with van der Waals surface area (Å²) < 4.78 is 5.32. The molecule has 0 bridgehead atoms. The van der Waals surface area contributed by atoms with Gasteiger partial charge in [-0.05, 0) is 37.5 Å². The summed E-state index contributed by atoms with van der Waals surface area (Å²) in [4.78, 5) is 0. The number of nitrogens with one attached hydrogen (secondary N) is 1. The van der Waals surface area contributed by atoms with Crippen molar-refractivity contribution in [1.82, 2.24) is 0 Å². The van der Waals surface area contributed by atoms with Gasteiger partial charge in [0.2, 0.25) is 0 Å². The standard InChI is InChI=1S/C13H16N2O/c1-10-2-3-11(9-14)8-13(10)15-12-4-6-16-7-5-12/h2-3,8,12,15H,4-7H2,1H3. The van der Waals surface area contributed by atoms with Crippen LogP contribution in [0.3, 0.4) is 0 Å². The molecule has 84 valence electrons. The van der Waals surface area contributed by atoms with Gasteiger partial charge in [0.15, 0.2) is 0 Å². The summed E-state index contributed by atoms with van der Waals surface area (Å²) in [5.74, 6) is 0. The normalized spacial score (nSPS) is 16.8. The van der Waals surface area contributed by atoms with E-state index in [0.717, 1.165) is 31.7 Å². The molecule has 1 fully saturated rings. The van der Waals surface area contributed by atoms with Gasteiger partial charge in [-0.2, -0.15) is 5.26 Å². The fourth-order valence-electron chi connectivity index (χ4n) is 1.91. The number of nitrogens with zero attached hydrogens (tertiary/aromatic N) is 1. The Kier molecular flexibility index (Phi) is 3.43. The first-order valence-electron chi connectivity index (χ1n) is 5.64. The van der Waals surface area contributed by atoms with E-state index in [1.807, 2.05) is 18.2 Å². The van der Waals surface area contributed by atoms with Gasteiger partial charge in [0.05, 0.1) is 11.6 Å². The zero-order valence-corrected chi connectivity index (χ0v) is 9.49. The van der Waals surface area contributed by atoms with E-state index in [4.69, 9.17) is 10.00 Å². The van der Waals surface area contributed by atoms with Crippen LogP contribution in [0.25, 0.3) is 0 Å². The number of hydrogen-bond donors (Lipinski definition) is 1. The molecule has 1 aromatic carbocycles. The molecule has 0 spiro atoms. The zero-order valence-electron chi connectivity index (χ0n) is 9.49. The minimum atomic E-state index is 0.474. The first-order chi connectivity index (χ1) is 7.79. The van der Waals surface area contributed by atoms with Crippen LogP contribution in [0.4, 0.5) is 5.69 Å². The van der Waals surface area contributed by atoms with Crippen molar-refractivity contribution in [3.63, 3.8) is 0 Å². The van der Waals surface area contributed by atoms with Crippen LogP contribution in [0, 0.1) is 18.3 Å². The molecule has 1 N–H and O–H groups in total. The van der Waals surface area contributed by atoms with Gasteiger partial charge >= 0.3 is 0 Å². The van der Waals surface area contributed by atoms with Crippen molar-refractivity contribution in [3.05, 3.63) is 29.3 Å². The van der Waals surface area contributed by atoms with Gasteiger partial charge in [-0.3, -0.25) is 0 Å². The van der Waals surface area contributed by atoms with Gasteiger partial charge in [-0.25, -0.2) is 0 Å². The Morgan fingerprint density at radius 3 is 2.81 bits per heavy atom. The van der Waals surface area contributed by atoms with Crippen LogP contribution in [0.2, 0.25) is 0 Å². The van der Waals surface area contributed by atoms with Gasteiger partial charge in [-0.1, -0.05) is 6.07 Å². The van der Waals surface area contributed by atoms with Gasteiger partial charge in [0.1, 0.15) is 0 Å². The molecule has 0 aliphatic carbocycles. The minimum Gasteiger partial charge on any atom is -0.382 e. The summed E-state index contributed by atoms with van der Waals surface area (Å²) in [5.41, 5.74) is 2.97. The summed E-state index contributed by atoms with van der Waals surface area (Å²) in [6, 6.07) is 8.40. The lowest BCUT2D eigenvalue weighted by Gasteiger charge is -2.25. The third-order valence-electron chi connectivity index (χ3n) is 2.95. The number of hydrogen-bond acceptors (Lipinski definition) is 3. The third-order valence-corrected chi connectivity index (χ3v) is 2.95. The van der Waals surface area contributed by atoms with E-state index < -0.39 is 0 Å². The van der Waals surface area contributed by atoms with E-state index in [0.29, 0.717) is 11.6 Å². The predicted molar refractivity (Wildman–Crippen MR) is 63.4 cm³/mol. The first kappa shape index (κ1) is 11.0. The largest absolute Gasteiger partial charge is 0.382 e. The number of anilines is 1. The maximum Gasteiger partial charge on any atom is 0.0992 e. The highest BCUT2D eigenvalue weighted by Gasteiger charge is 2.14. The Morgan fingerprint density at radius 2 is 2.12 bits per heavy atom. The van der Waals surface area contributed by atoms with E-state index in [2.05, 4.69) is 18.3 Å². The molecule has 1 heterocycles. The predicted octanol–water partition coefficient (Wildman–Crippen LogP) is 2.46. The van der Waals surface area contributed by atoms with Crippen molar-refractivity contribution < 1.29 is 4.74 Å². The van der Waals surface area contributed by atoms with E-state index >= 15 is 0 Å². The maximum atomic E-state index is 8.86. The van der Waals surface area contributed by atoms with Crippen LogP contribution in [0.15, 0.2) is 18.2 Å². The number of nitriles is 1. The number of aryl methyl sites for hydroxylation is 1. The van der Waals surface area contributed by atoms with Crippen LogP contribution in [-0.4, -0.2) is 19.3 Å². The molecule has 0 unspecified atom stereocenters. The Bertz CT molecular complexity index is 403. The Balaban J connectivity index is 2.10. The number of rotatable bonds is 2. The minimum absolute atomic E-state index is 0.474. The molecular formula is C13H16N2O. The second-order valence-electron chi connectivity index (χ2n) is 4.17. The Hall–Kier alpha value is -1.53. The highest BCUT2D eigenvalue weighted by Crippen LogP contribution is 2.20. The molecule has 0 amide bonds. The molecule has 0 atom stereocenters.